The molecule has 0 radical (unpaired) electrons. The summed E-state index contributed by atoms with van der Waals surface area (Å²) in [6.45, 7) is 2.19. The van der Waals surface area contributed by atoms with E-state index in [0.717, 1.165) is 39.6 Å². The molecule has 0 aromatic heterocycles. The van der Waals surface area contributed by atoms with E-state index in [1.165, 1.54) is 50.1 Å². The van der Waals surface area contributed by atoms with Crippen molar-refractivity contribution in [3.05, 3.63) is 236 Å². The Morgan fingerprint density at radius 1 is 0.316 bits per heavy atom. The van der Waals surface area contributed by atoms with E-state index < -0.39 is 0 Å². The number of hydrogen-bond donors (Lipinski definition) is 1. The fourth-order valence-electron chi connectivity index (χ4n) is 7.65. The average Bonchev–Trinajstić information content (AvgIpc) is 3.29. The number of anilines is 5. The first kappa shape index (κ1) is 35.3. The number of nitrogens with one attached hydrogen (secondary N) is 1. The van der Waals surface area contributed by atoms with Crippen LogP contribution in [0.2, 0.25) is 0 Å². The van der Waals surface area contributed by atoms with Gasteiger partial charge in [0.25, 0.3) is 0 Å². The molecule has 2 nitrogen and oxygen atoms in total. The van der Waals surface area contributed by atoms with Crippen molar-refractivity contribution >= 4 is 28.4 Å². The molecule has 0 bridgehead atoms. The van der Waals surface area contributed by atoms with Crippen LogP contribution in [0.15, 0.2) is 231 Å². The minimum atomic E-state index is 1.07. The van der Waals surface area contributed by atoms with Gasteiger partial charge in [-0.25, -0.2) is 0 Å². The van der Waals surface area contributed by atoms with Crippen LogP contribution in [0, 0.1) is 6.92 Å². The number of aryl methyl sites for hydroxylation is 1. The SMILES string of the molecule is Cc1ccc(-c2ccc(N(c3ccc(-c4ccccc4)cc3)c3cc(-c4ccccc4)ccc3-c3ccccc3)cc2)cc1-c1ccccc1Nc1ccccc1. The molecule has 0 saturated carbocycles. The molecule has 1 N–H and O–H groups in total. The van der Waals surface area contributed by atoms with Gasteiger partial charge >= 0.3 is 0 Å². The van der Waals surface area contributed by atoms with Crippen LogP contribution in [0.25, 0.3) is 55.6 Å². The van der Waals surface area contributed by atoms with Gasteiger partial charge in [0.2, 0.25) is 0 Å². The minimum absolute atomic E-state index is 1.07. The largest absolute Gasteiger partial charge is 0.355 e. The number of benzene rings is 9. The van der Waals surface area contributed by atoms with E-state index in [9.17, 15) is 0 Å². The first-order valence-electron chi connectivity index (χ1n) is 19.5. The molecule has 9 aromatic rings. The third-order valence-electron chi connectivity index (χ3n) is 10.6. The van der Waals surface area contributed by atoms with Crippen molar-refractivity contribution in [2.75, 3.05) is 10.2 Å². The summed E-state index contributed by atoms with van der Waals surface area (Å²) in [7, 11) is 0. The fraction of sp³-hybridized carbons (Fsp3) is 0.0182. The third-order valence-corrected chi connectivity index (χ3v) is 10.6. The van der Waals surface area contributed by atoms with Gasteiger partial charge in [-0.1, -0.05) is 176 Å². The van der Waals surface area contributed by atoms with Gasteiger partial charge in [0, 0.05) is 33.9 Å². The molecule has 9 aromatic carbocycles. The van der Waals surface area contributed by atoms with Gasteiger partial charge < -0.3 is 10.2 Å². The topological polar surface area (TPSA) is 15.3 Å². The molecular weight excluding hydrogens is 689 g/mol. The standard InChI is InChI=1S/C55H42N2/c1-40-26-27-46(38-53(40)52-24-14-15-25-54(52)56-48-22-12-5-13-23-48)44-30-35-50(36-31-44)57(49-33-28-43(29-34-49)41-16-6-2-7-17-41)55-39-47(42-18-8-3-9-19-42)32-37-51(55)45-20-10-4-11-21-45/h2-39,56H,1H3. The lowest BCUT2D eigenvalue weighted by atomic mass is 9.94. The molecule has 9 rings (SSSR count). The van der Waals surface area contributed by atoms with Crippen LogP contribution in [0.1, 0.15) is 5.56 Å². The van der Waals surface area contributed by atoms with Gasteiger partial charge in [-0.3, -0.25) is 0 Å². The van der Waals surface area contributed by atoms with Gasteiger partial charge in [0.15, 0.2) is 0 Å². The first-order chi connectivity index (χ1) is 28.2. The zero-order valence-corrected chi connectivity index (χ0v) is 31.9. The lowest BCUT2D eigenvalue weighted by Crippen LogP contribution is -2.11. The summed E-state index contributed by atoms with van der Waals surface area (Å²) in [5, 5.41) is 3.65. The maximum Gasteiger partial charge on any atom is 0.0546 e. The number of rotatable bonds is 10. The maximum absolute atomic E-state index is 3.65. The van der Waals surface area contributed by atoms with Crippen molar-refractivity contribution in [2.45, 2.75) is 6.92 Å². The molecule has 0 aliphatic rings. The second-order valence-electron chi connectivity index (χ2n) is 14.3. The third kappa shape index (κ3) is 7.62. The van der Waals surface area contributed by atoms with E-state index in [0.29, 0.717) is 0 Å². The van der Waals surface area contributed by atoms with E-state index in [-0.39, 0.29) is 0 Å². The predicted molar refractivity (Wildman–Crippen MR) is 243 cm³/mol. The molecule has 2 heteroatoms. The highest BCUT2D eigenvalue weighted by atomic mass is 15.1. The Morgan fingerprint density at radius 3 is 1.37 bits per heavy atom. The molecule has 272 valence electrons. The normalized spacial score (nSPS) is 10.9. The van der Waals surface area contributed by atoms with Crippen molar-refractivity contribution in [2.24, 2.45) is 0 Å². The first-order valence-corrected chi connectivity index (χ1v) is 19.5. The van der Waals surface area contributed by atoms with Gasteiger partial charge in [0.1, 0.15) is 0 Å². The molecule has 0 aliphatic heterocycles. The highest BCUT2D eigenvalue weighted by molar-refractivity contribution is 5.92. The Labute approximate surface area is 336 Å². The lowest BCUT2D eigenvalue weighted by molar-refractivity contribution is 1.28. The molecule has 0 aliphatic carbocycles. The quantitative estimate of drug-likeness (QED) is 0.151. The lowest BCUT2D eigenvalue weighted by Gasteiger charge is -2.29. The molecule has 0 unspecified atom stereocenters. The van der Waals surface area contributed by atoms with Gasteiger partial charge in [0.05, 0.1) is 5.69 Å². The van der Waals surface area contributed by atoms with E-state index >= 15 is 0 Å². The van der Waals surface area contributed by atoms with Gasteiger partial charge in [-0.2, -0.15) is 0 Å². The van der Waals surface area contributed by atoms with E-state index in [2.05, 4.69) is 242 Å². The van der Waals surface area contributed by atoms with Crippen molar-refractivity contribution in [1.29, 1.82) is 0 Å². The predicted octanol–water partition coefficient (Wildman–Crippen LogP) is 15.5. The zero-order chi connectivity index (χ0) is 38.4. The molecule has 57 heavy (non-hydrogen) atoms. The Bertz CT molecular complexity index is 2720. The summed E-state index contributed by atoms with van der Waals surface area (Å²) >= 11 is 0. The van der Waals surface area contributed by atoms with Crippen molar-refractivity contribution in [1.82, 2.24) is 0 Å². The maximum atomic E-state index is 3.65. The molecule has 0 fully saturated rings. The second kappa shape index (κ2) is 16.1. The summed E-state index contributed by atoms with van der Waals surface area (Å²) in [4.78, 5) is 2.40. The van der Waals surface area contributed by atoms with Crippen LogP contribution >= 0.6 is 0 Å². The van der Waals surface area contributed by atoms with Crippen LogP contribution in [-0.2, 0) is 0 Å². The zero-order valence-electron chi connectivity index (χ0n) is 31.9. The molecule has 0 atom stereocenters. The summed E-state index contributed by atoms with van der Waals surface area (Å²) < 4.78 is 0. The second-order valence-corrected chi connectivity index (χ2v) is 14.3. The Morgan fingerprint density at radius 2 is 0.754 bits per heavy atom. The van der Waals surface area contributed by atoms with Crippen LogP contribution in [0.4, 0.5) is 28.4 Å². The van der Waals surface area contributed by atoms with Crippen LogP contribution in [0.3, 0.4) is 0 Å². The Hall–Kier alpha value is -7.42. The Kier molecular flexibility index (Phi) is 9.99. The molecular formula is C55H42N2. The number of nitrogens with zero attached hydrogens (tertiary/aromatic N) is 1. The molecule has 0 spiro atoms. The van der Waals surface area contributed by atoms with Gasteiger partial charge in [-0.15, -0.1) is 0 Å². The van der Waals surface area contributed by atoms with Crippen LogP contribution in [0.5, 0.6) is 0 Å². The average molecular weight is 731 g/mol. The summed E-state index contributed by atoms with van der Waals surface area (Å²) in [6, 6.07) is 82.5. The minimum Gasteiger partial charge on any atom is -0.355 e. The van der Waals surface area contributed by atoms with Crippen molar-refractivity contribution in [3.63, 3.8) is 0 Å². The summed E-state index contributed by atoms with van der Waals surface area (Å²) in [6.07, 6.45) is 0. The van der Waals surface area contributed by atoms with Crippen molar-refractivity contribution < 1.29 is 0 Å². The smallest absolute Gasteiger partial charge is 0.0546 e. The van der Waals surface area contributed by atoms with Crippen LogP contribution in [-0.4, -0.2) is 0 Å². The van der Waals surface area contributed by atoms with E-state index in [1.807, 2.05) is 6.07 Å². The fourth-order valence-corrected chi connectivity index (χ4v) is 7.65. The highest BCUT2D eigenvalue weighted by Gasteiger charge is 2.19. The highest BCUT2D eigenvalue weighted by Crippen LogP contribution is 2.44. The number of hydrogen-bond acceptors (Lipinski definition) is 2. The van der Waals surface area contributed by atoms with Gasteiger partial charge in [-0.05, 0) is 112 Å². The molecule has 0 heterocycles. The van der Waals surface area contributed by atoms with Crippen LogP contribution < -0.4 is 10.2 Å². The summed E-state index contributed by atoms with van der Waals surface area (Å²) in [5.74, 6) is 0. The molecule has 0 saturated heterocycles. The van der Waals surface area contributed by atoms with E-state index in [1.54, 1.807) is 0 Å². The Balaban J connectivity index is 1.14. The molecule has 0 amide bonds. The van der Waals surface area contributed by atoms with Crippen molar-refractivity contribution in [3.8, 4) is 55.6 Å². The van der Waals surface area contributed by atoms with E-state index in [4.69, 9.17) is 0 Å². The summed E-state index contributed by atoms with van der Waals surface area (Å²) in [5.41, 5.74) is 18.5. The monoisotopic (exact) mass is 730 g/mol. The number of para-hydroxylation sites is 2.